The molecule has 0 aliphatic rings. The van der Waals surface area contributed by atoms with E-state index in [1.54, 1.807) is 0 Å². The third-order valence-electron chi connectivity index (χ3n) is 2.28. The summed E-state index contributed by atoms with van der Waals surface area (Å²) >= 11 is 0. The smallest absolute Gasteiger partial charge is 0.407 e. The first-order valence-electron chi connectivity index (χ1n) is 6.66. The van der Waals surface area contributed by atoms with Gasteiger partial charge in [-0.3, -0.25) is 0 Å². The Bertz CT molecular complexity index is 227. The van der Waals surface area contributed by atoms with E-state index in [4.69, 9.17) is 9.84 Å². The Kier molecular flexibility index (Phi) is 8.75. The van der Waals surface area contributed by atoms with Gasteiger partial charge in [0.2, 0.25) is 0 Å². The second-order valence-corrected chi connectivity index (χ2v) is 5.52. The Morgan fingerprint density at radius 3 is 2.50 bits per heavy atom. The number of rotatable bonds is 8. The van der Waals surface area contributed by atoms with Crippen LogP contribution in [0.2, 0.25) is 0 Å². The number of aliphatic hydroxyl groups excluding tert-OH is 1. The molecule has 18 heavy (non-hydrogen) atoms. The third kappa shape index (κ3) is 11.7. The fraction of sp³-hybridized carbons (Fsp3) is 0.923. The highest BCUT2D eigenvalue weighted by Crippen LogP contribution is 2.06. The summed E-state index contributed by atoms with van der Waals surface area (Å²) in [5.41, 5.74) is -0.453. The highest BCUT2D eigenvalue weighted by molar-refractivity contribution is 5.67. The molecule has 1 unspecified atom stereocenters. The minimum Gasteiger partial charge on any atom is -0.444 e. The van der Waals surface area contributed by atoms with Gasteiger partial charge in [-0.2, -0.15) is 0 Å². The van der Waals surface area contributed by atoms with Crippen LogP contribution >= 0.6 is 0 Å². The number of ether oxygens (including phenoxy) is 1. The van der Waals surface area contributed by atoms with E-state index in [2.05, 4.69) is 10.6 Å². The summed E-state index contributed by atoms with van der Waals surface area (Å²) in [4.78, 5) is 11.4. The molecule has 0 bridgehead atoms. The summed E-state index contributed by atoms with van der Waals surface area (Å²) in [7, 11) is 0. The van der Waals surface area contributed by atoms with Crippen LogP contribution in [-0.2, 0) is 4.74 Å². The van der Waals surface area contributed by atoms with E-state index in [1.807, 2.05) is 27.7 Å². The Labute approximate surface area is 110 Å². The van der Waals surface area contributed by atoms with Gasteiger partial charge >= 0.3 is 6.09 Å². The Balaban J connectivity index is 3.52. The molecular formula is C13H28N2O3. The molecule has 0 saturated heterocycles. The standard InChI is InChI=1S/C13H28N2O3/c1-11(14-8-6-5-7-9-16)10-15-12(17)18-13(2,3)4/h11,14,16H,5-10H2,1-4H3,(H,15,17). The number of nitrogens with one attached hydrogen (secondary N) is 2. The van der Waals surface area contributed by atoms with E-state index in [0.29, 0.717) is 6.54 Å². The van der Waals surface area contributed by atoms with Crippen LogP contribution in [0.25, 0.3) is 0 Å². The first-order chi connectivity index (χ1) is 8.35. The first kappa shape index (κ1) is 17.2. The van der Waals surface area contributed by atoms with Crippen molar-refractivity contribution in [1.82, 2.24) is 10.6 Å². The maximum Gasteiger partial charge on any atom is 0.407 e. The van der Waals surface area contributed by atoms with Crippen molar-refractivity contribution in [2.24, 2.45) is 0 Å². The predicted molar refractivity (Wildman–Crippen MR) is 72.6 cm³/mol. The average molecular weight is 260 g/mol. The first-order valence-corrected chi connectivity index (χ1v) is 6.66. The van der Waals surface area contributed by atoms with Crippen molar-refractivity contribution in [3.05, 3.63) is 0 Å². The normalized spacial score (nSPS) is 13.2. The van der Waals surface area contributed by atoms with E-state index in [-0.39, 0.29) is 18.7 Å². The Morgan fingerprint density at radius 2 is 1.94 bits per heavy atom. The van der Waals surface area contributed by atoms with Crippen molar-refractivity contribution in [3.8, 4) is 0 Å². The molecule has 1 amide bonds. The maximum atomic E-state index is 11.4. The van der Waals surface area contributed by atoms with Crippen molar-refractivity contribution in [3.63, 3.8) is 0 Å². The second kappa shape index (κ2) is 9.16. The van der Waals surface area contributed by atoms with Gasteiger partial charge in [0.05, 0.1) is 0 Å². The fourth-order valence-electron chi connectivity index (χ4n) is 1.38. The molecule has 0 spiro atoms. The van der Waals surface area contributed by atoms with Crippen molar-refractivity contribution >= 4 is 6.09 Å². The minimum absolute atomic E-state index is 0.214. The molecule has 0 heterocycles. The second-order valence-electron chi connectivity index (χ2n) is 5.52. The van der Waals surface area contributed by atoms with Crippen molar-refractivity contribution in [2.45, 2.75) is 58.6 Å². The average Bonchev–Trinajstić information content (AvgIpc) is 2.24. The lowest BCUT2D eigenvalue weighted by Gasteiger charge is -2.21. The van der Waals surface area contributed by atoms with Crippen molar-refractivity contribution in [2.75, 3.05) is 19.7 Å². The van der Waals surface area contributed by atoms with Gasteiger partial charge in [-0.1, -0.05) is 0 Å². The van der Waals surface area contributed by atoms with Crippen LogP contribution in [0.3, 0.4) is 0 Å². The van der Waals surface area contributed by atoms with Gasteiger partial charge in [-0.05, 0) is 53.5 Å². The van der Waals surface area contributed by atoms with Gasteiger partial charge in [0, 0.05) is 19.2 Å². The molecule has 0 aromatic rings. The molecule has 0 radical (unpaired) electrons. The Morgan fingerprint density at radius 1 is 1.28 bits per heavy atom. The van der Waals surface area contributed by atoms with Crippen LogP contribution in [0.1, 0.15) is 47.0 Å². The van der Waals surface area contributed by atoms with Crippen molar-refractivity contribution < 1.29 is 14.6 Å². The number of hydrogen-bond donors (Lipinski definition) is 3. The highest BCUT2D eigenvalue weighted by Gasteiger charge is 2.16. The molecule has 0 saturated carbocycles. The number of aliphatic hydroxyl groups is 1. The van der Waals surface area contributed by atoms with Gasteiger partial charge < -0.3 is 20.5 Å². The van der Waals surface area contributed by atoms with E-state index in [1.165, 1.54) is 0 Å². The number of carbonyl (C=O) groups is 1. The molecule has 108 valence electrons. The molecule has 0 aliphatic heterocycles. The molecule has 0 aromatic carbocycles. The fourth-order valence-corrected chi connectivity index (χ4v) is 1.38. The molecule has 0 aliphatic carbocycles. The van der Waals surface area contributed by atoms with E-state index >= 15 is 0 Å². The molecule has 0 rings (SSSR count). The molecule has 0 aromatic heterocycles. The van der Waals surface area contributed by atoms with E-state index in [0.717, 1.165) is 25.8 Å². The van der Waals surface area contributed by atoms with Gasteiger partial charge in [0.1, 0.15) is 5.60 Å². The summed E-state index contributed by atoms with van der Waals surface area (Å²) < 4.78 is 5.14. The molecule has 5 nitrogen and oxygen atoms in total. The van der Waals surface area contributed by atoms with Crippen LogP contribution in [0.5, 0.6) is 0 Å². The van der Waals surface area contributed by atoms with Crippen LogP contribution in [0.4, 0.5) is 4.79 Å². The maximum absolute atomic E-state index is 11.4. The van der Waals surface area contributed by atoms with Gasteiger partial charge in [-0.25, -0.2) is 4.79 Å². The molecule has 3 N–H and O–H groups in total. The van der Waals surface area contributed by atoms with Gasteiger partial charge in [0.15, 0.2) is 0 Å². The quantitative estimate of drug-likeness (QED) is 0.580. The molecule has 0 fully saturated rings. The molecular weight excluding hydrogens is 232 g/mol. The zero-order chi connectivity index (χ0) is 14.0. The summed E-state index contributed by atoms with van der Waals surface area (Å²) in [6.45, 7) is 9.26. The third-order valence-corrected chi connectivity index (χ3v) is 2.28. The number of unbranched alkanes of at least 4 members (excludes halogenated alkanes) is 2. The molecule has 5 heteroatoms. The topological polar surface area (TPSA) is 70.6 Å². The highest BCUT2D eigenvalue weighted by atomic mass is 16.6. The number of carbonyl (C=O) groups excluding carboxylic acids is 1. The lowest BCUT2D eigenvalue weighted by molar-refractivity contribution is 0.0523. The summed E-state index contributed by atoms with van der Waals surface area (Å²) in [6.07, 6.45) is 2.54. The van der Waals surface area contributed by atoms with Crippen LogP contribution in [0.15, 0.2) is 0 Å². The summed E-state index contributed by atoms with van der Waals surface area (Å²) in [5, 5.41) is 14.7. The summed E-state index contributed by atoms with van der Waals surface area (Å²) in [5.74, 6) is 0. The number of alkyl carbamates (subject to hydrolysis) is 1. The van der Waals surface area contributed by atoms with Crippen molar-refractivity contribution in [1.29, 1.82) is 0 Å². The summed E-state index contributed by atoms with van der Waals surface area (Å²) in [6, 6.07) is 0.214. The predicted octanol–water partition coefficient (Wildman–Crippen LogP) is 1.65. The number of amides is 1. The number of hydrogen-bond acceptors (Lipinski definition) is 4. The van der Waals surface area contributed by atoms with Crippen LogP contribution in [0, 0.1) is 0 Å². The minimum atomic E-state index is -0.453. The molecule has 1 atom stereocenters. The SMILES string of the molecule is CC(CNC(=O)OC(C)(C)C)NCCCCCO. The van der Waals surface area contributed by atoms with Crippen LogP contribution in [-0.4, -0.2) is 42.5 Å². The lowest BCUT2D eigenvalue weighted by Crippen LogP contribution is -2.41. The largest absolute Gasteiger partial charge is 0.444 e. The zero-order valence-electron chi connectivity index (χ0n) is 12.1. The van der Waals surface area contributed by atoms with E-state index in [9.17, 15) is 4.79 Å². The van der Waals surface area contributed by atoms with Gasteiger partial charge in [-0.15, -0.1) is 0 Å². The van der Waals surface area contributed by atoms with Crippen LogP contribution < -0.4 is 10.6 Å². The van der Waals surface area contributed by atoms with Gasteiger partial charge in [0.25, 0.3) is 0 Å². The Hall–Kier alpha value is -0.810. The zero-order valence-corrected chi connectivity index (χ0v) is 12.1. The monoisotopic (exact) mass is 260 g/mol. The lowest BCUT2D eigenvalue weighted by atomic mass is 10.2. The van der Waals surface area contributed by atoms with E-state index < -0.39 is 5.60 Å².